The Bertz CT molecular complexity index is 278. The lowest BCUT2D eigenvalue weighted by atomic mass is 10.1. The first-order valence-electron chi connectivity index (χ1n) is 4.75. The third-order valence-corrected chi connectivity index (χ3v) is 1.76. The number of urea groups is 1. The number of carboxylic acids is 1. The molecule has 1 atom stereocenters. The molecule has 0 saturated carbocycles. The number of hydrogen-bond donors (Lipinski definition) is 3. The number of carbonyl (C=O) groups is 2. The molecule has 1 unspecified atom stereocenters. The maximum atomic E-state index is 11.2. The van der Waals surface area contributed by atoms with Gasteiger partial charge < -0.3 is 15.7 Å². The van der Waals surface area contributed by atoms with Crippen LogP contribution in [0, 0.1) is 11.8 Å². The Morgan fingerprint density at radius 1 is 1.47 bits per heavy atom. The lowest BCUT2D eigenvalue weighted by Crippen LogP contribution is -2.42. The smallest absolute Gasteiger partial charge is 0.315 e. The molecule has 0 saturated heterocycles. The zero-order valence-electron chi connectivity index (χ0n) is 8.96. The van der Waals surface area contributed by atoms with Crippen molar-refractivity contribution in [2.24, 2.45) is 0 Å². The molecule has 2 amide bonds. The quantitative estimate of drug-likeness (QED) is 0.583. The summed E-state index contributed by atoms with van der Waals surface area (Å²) in [7, 11) is 0. The average Bonchev–Trinajstić information content (AvgIpc) is 2.16. The summed E-state index contributed by atoms with van der Waals surface area (Å²) in [6, 6.07) is -0.720. The second-order valence-corrected chi connectivity index (χ2v) is 2.96. The molecule has 0 spiro atoms. The number of rotatable bonds is 5. The predicted octanol–water partition coefficient (Wildman–Crippen LogP) is 0.562. The van der Waals surface area contributed by atoms with Crippen LogP contribution in [0.3, 0.4) is 0 Å². The summed E-state index contributed by atoms with van der Waals surface area (Å²) in [4.78, 5) is 21.6. The van der Waals surface area contributed by atoms with E-state index in [4.69, 9.17) is 5.11 Å². The number of carbonyl (C=O) groups excluding carboxylic acids is 1. The van der Waals surface area contributed by atoms with Crippen LogP contribution < -0.4 is 10.6 Å². The van der Waals surface area contributed by atoms with Crippen LogP contribution >= 0.6 is 0 Å². The second-order valence-electron chi connectivity index (χ2n) is 2.96. The van der Waals surface area contributed by atoms with Gasteiger partial charge in [0.2, 0.25) is 0 Å². The van der Waals surface area contributed by atoms with E-state index in [2.05, 4.69) is 22.5 Å². The Labute approximate surface area is 89.2 Å². The molecular weight excluding hydrogens is 196 g/mol. The highest BCUT2D eigenvalue weighted by molar-refractivity contribution is 5.75. The third kappa shape index (κ3) is 7.38. The van der Waals surface area contributed by atoms with Gasteiger partial charge in [-0.1, -0.05) is 12.8 Å². The van der Waals surface area contributed by atoms with Crippen LogP contribution in [0.4, 0.5) is 4.79 Å². The summed E-state index contributed by atoms with van der Waals surface area (Å²) in [5, 5.41) is 13.6. The minimum atomic E-state index is -0.921. The van der Waals surface area contributed by atoms with Gasteiger partial charge in [0.15, 0.2) is 0 Å². The van der Waals surface area contributed by atoms with Gasteiger partial charge in [-0.05, 0) is 13.3 Å². The molecule has 3 N–H and O–H groups in total. The van der Waals surface area contributed by atoms with Crippen LogP contribution in [0.5, 0.6) is 0 Å². The molecule has 0 rings (SSSR count). The summed E-state index contributed by atoms with van der Waals surface area (Å²) in [5.74, 6) is 4.39. The Hall–Kier alpha value is -1.70. The van der Waals surface area contributed by atoms with E-state index in [9.17, 15) is 9.59 Å². The van der Waals surface area contributed by atoms with Crippen molar-refractivity contribution >= 4 is 12.0 Å². The zero-order valence-corrected chi connectivity index (χ0v) is 8.96. The van der Waals surface area contributed by atoms with Gasteiger partial charge in [-0.25, -0.2) is 4.79 Å². The van der Waals surface area contributed by atoms with Gasteiger partial charge in [0.1, 0.15) is 0 Å². The van der Waals surface area contributed by atoms with Crippen molar-refractivity contribution in [2.75, 3.05) is 6.54 Å². The monoisotopic (exact) mass is 212 g/mol. The molecule has 0 aromatic carbocycles. The normalized spacial score (nSPS) is 10.8. The van der Waals surface area contributed by atoms with Gasteiger partial charge >= 0.3 is 12.0 Å². The molecule has 15 heavy (non-hydrogen) atoms. The largest absolute Gasteiger partial charge is 0.481 e. The first-order chi connectivity index (χ1) is 7.10. The van der Waals surface area contributed by atoms with Crippen LogP contribution in [0.2, 0.25) is 0 Å². The van der Waals surface area contributed by atoms with Crippen molar-refractivity contribution in [3.05, 3.63) is 0 Å². The van der Waals surface area contributed by atoms with Crippen molar-refractivity contribution in [3.63, 3.8) is 0 Å². The molecule has 84 valence electrons. The number of nitrogens with one attached hydrogen (secondary N) is 2. The van der Waals surface area contributed by atoms with E-state index in [0.717, 1.165) is 0 Å². The van der Waals surface area contributed by atoms with Gasteiger partial charge in [-0.3, -0.25) is 4.79 Å². The zero-order chi connectivity index (χ0) is 11.7. The van der Waals surface area contributed by atoms with Crippen molar-refractivity contribution in [1.82, 2.24) is 10.6 Å². The van der Waals surface area contributed by atoms with Crippen LogP contribution in [0.1, 0.15) is 26.7 Å². The van der Waals surface area contributed by atoms with E-state index >= 15 is 0 Å². The molecule has 0 aromatic heterocycles. The first-order valence-corrected chi connectivity index (χ1v) is 4.75. The van der Waals surface area contributed by atoms with Crippen LogP contribution in [-0.4, -0.2) is 29.7 Å². The highest BCUT2D eigenvalue weighted by atomic mass is 16.4. The molecule has 0 radical (unpaired) electrons. The van der Waals surface area contributed by atoms with E-state index in [1.807, 2.05) is 6.92 Å². The minimum absolute atomic E-state index is 0.0661. The van der Waals surface area contributed by atoms with E-state index in [-0.39, 0.29) is 25.0 Å². The molecule has 0 aromatic rings. The van der Waals surface area contributed by atoms with Gasteiger partial charge in [-0.15, -0.1) is 5.92 Å². The lowest BCUT2D eigenvalue weighted by molar-refractivity contribution is -0.137. The fourth-order valence-corrected chi connectivity index (χ4v) is 0.958. The number of aliphatic carboxylic acids is 1. The van der Waals surface area contributed by atoms with E-state index in [1.54, 1.807) is 6.92 Å². The first kappa shape index (κ1) is 13.3. The molecule has 5 heteroatoms. The molecule has 5 nitrogen and oxygen atoms in total. The average molecular weight is 212 g/mol. The summed E-state index contributed by atoms with van der Waals surface area (Å²) in [5.41, 5.74) is 0. The van der Waals surface area contributed by atoms with Crippen molar-refractivity contribution < 1.29 is 14.7 Å². The highest BCUT2D eigenvalue weighted by Crippen LogP contribution is 1.96. The lowest BCUT2D eigenvalue weighted by Gasteiger charge is -2.14. The van der Waals surface area contributed by atoms with Crippen LogP contribution in [-0.2, 0) is 4.79 Å². The van der Waals surface area contributed by atoms with Crippen LogP contribution in [0.25, 0.3) is 0 Å². The molecule has 0 fully saturated rings. The van der Waals surface area contributed by atoms with Gasteiger partial charge in [0.25, 0.3) is 0 Å². The number of hydrogen-bond acceptors (Lipinski definition) is 2. The Morgan fingerprint density at radius 2 is 2.13 bits per heavy atom. The molecule has 0 aliphatic rings. The molecule has 0 heterocycles. The number of amides is 2. The standard InChI is InChI=1S/C10H16N2O3/c1-3-5-6-11-10(15)12-8(4-2)7-9(13)14/h8H,4,6-7H2,1-2H3,(H,13,14)(H2,11,12,15). The molecular formula is C10H16N2O3. The SMILES string of the molecule is CC#CCNC(=O)NC(CC)CC(=O)O. The second kappa shape index (κ2) is 7.68. The fourth-order valence-electron chi connectivity index (χ4n) is 0.958. The van der Waals surface area contributed by atoms with Crippen molar-refractivity contribution in [1.29, 1.82) is 0 Å². The maximum absolute atomic E-state index is 11.2. The fraction of sp³-hybridized carbons (Fsp3) is 0.600. The minimum Gasteiger partial charge on any atom is -0.481 e. The van der Waals surface area contributed by atoms with E-state index in [0.29, 0.717) is 6.42 Å². The van der Waals surface area contributed by atoms with E-state index < -0.39 is 5.97 Å². The topological polar surface area (TPSA) is 78.4 Å². The Morgan fingerprint density at radius 3 is 2.60 bits per heavy atom. The highest BCUT2D eigenvalue weighted by Gasteiger charge is 2.12. The molecule has 0 aliphatic carbocycles. The predicted molar refractivity (Wildman–Crippen MR) is 56.3 cm³/mol. The summed E-state index contributed by atoms with van der Waals surface area (Å²) < 4.78 is 0. The van der Waals surface area contributed by atoms with Gasteiger partial charge in [0, 0.05) is 6.04 Å². The van der Waals surface area contributed by atoms with E-state index in [1.165, 1.54) is 0 Å². The maximum Gasteiger partial charge on any atom is 0.315 e. The summed E-state index contributed by atoms with van der Waals surface area (Å²) in [6.45, 7) is 3.77. The van der Waals surface area contributed by atoms with Crippen LogP contribution in [0.15, 0.2) is 0 Å². The molecule has 0 aliphatic heterocycles. The Kier molecular flexibility index (Phi) is 6.81. The van der Waals surface area contributed by atoms with Crippen molar-refractivity contribution in [2.45, 2.75) is 32.7 Å². The Balaban J connectivity index is 3.88. The third-order valence-electron chi connectivity index (χ3n) is 1.76. The molecule has 0 bridgehead atoms. The van der Waals surface area contributed by atoms with Crippen molar-refractivity contribution in [3.8, 4) is 11.8 Å². The van der Waals surface area contributed by atoms with Gasteiger partial charge in [0.05, 0.1) is 13.0 Å². The van der Waals surface area contributed by atoms with Gasteiger partial charge in [-0.2, -0.15) is 0 Å². The summed E-state index contributed by atoms with van der Waals surface area (Å²) >= 11 is 0. The number of carboxylic acid groups (broad SMARTS) is 1. The summed E-state index contributed by atoms with van der Waals surface area (Å²) in [6.07, 6.45) is 0.516.